The number of carbonyl (C=O) groups excluding carboxylic acids is 1. The Morgan fingerprint density at radius 1 is 1.26 bits per heavy atom. The molecule has 0 saturated heterocycles. The second kappa shape index (κ2) is 8.03. The summed E-state index contributed by atoms with van der Waals surface area (Å²) in [6, 6.07) is 6.22. The molecule has 1 aromatic carbocycles. The van der Waals surface area contributed by atoms with Crippen LogP contribution >= 0.6 is 0 Å². The number of allylic oxidation sites excluding steroid dienone is 4. The van der Waals surface area contributed by atoms with Crippen molar-refractivity contribution in [3.63, 3.8) is 0 Å². The van der Waals surface area contributed by atoms with Gasteiger partial charge in [-0.15, -0.1) is 0 Å². The van der Waals surface area contributed by atoms with E-state index in [1.165, 1.54) is 18.3 Å². The number of benzene rings is 1. The van der Waals surface area contributed by atoms with E-state index in [2.05, 4.69) is 10.1 Å². The largest absolute Gasteiger partial charge is 0.443 e. The lowest BCUT2D eigenvalue weighted by Crippen LogP contribution is -2.15. The van der Waals surface area contributed by atoms with Crippen LogP contribution in [0.1, 0.15) is 23.6 Å². The van der Waals surface area contributed by atoms with Crippen LogP contribution in [0.3, 0.4) is 0 Å². The van der Waals surface area contributed by atoms with Crippen LogP contribution in [0.25, 0.3) is 0 Å². The van der Waals surface area contributed by atoms with Gasteiger partial charge in [0.05, 0.1) is 23.2 Å². The quantitative estimate of drug-likeness (QED) is 0.756. The predicted octanol–water partition coefficient (Wildman–Crippen LogP) is 4.20. The van der Waals surface area contributed by atoms with Gasteiger partial charge in [0.1, 0.15) is 6.61 Å². The molecule has 0 N–H and O–H groups in total. The van der Waals surface area contributed by atoms with Gasteiger partial charge in [0.15, 0.2) is 0 Å². The maximum Gasteiger partial charge on any atom is 0.434 e. The van der Waals surface area contributed by atoms with Gasteiger partial charge in [0.25, 0.3) is 0 Å². The molecule has 8 heteroatoms. The zero-order chi connectivity index (χ0) is 19.3. The zero-order valence-electron chi connectivity index (χ0n) is 14.1. The lowest BCUT2D eigenvalue weighted by atomic mass is 10.1. The molecule has 5 nitrogen and oxygen atoms in total. The maximum atomic E-state index is 12.7. The molecule has 0 fully saturated rings. The molecule has 1 aromatic heterocycles. The maximum absolute atomic E-state index is 12.7. The third-order valence-corrected chi connectivity index (χ3v) is 3.80. The molecule has 1 aliphatic rings. The van der Waals surface area contributed by atoms with Crippen molar-refractivity contribution in [3.8, 4) is 0 Å². The Bertz CT molecular complexity index is 913. The Labute approximate surface area is 153 Å². The smallest absolute Gasteiger partial charge is 0.434 e. The number of carbonyl (C=O) groups is 1. The van der Waals surface area contributed by atoms with Crippen LogP contribution in [0, 0.1) is 0 Å². The summed E-state index contributed by atoms with van der Waals surface area (Å²) in [6.07, 6.45) is 6.72. The molecule has 0 saturated carbocycles. The first-order valence-electron chi connectivity index (χ1n) is 8.17. The van der Waals surface area contributed by atoms with Crippen molar-refractivity contribution in [1.29, 1.82) is 0 Å². The summed E-state index contributed by atoms with van der Waals surface area (Å²) in [5.41, 5.74) is -0.566. The van der Waals surface area contributed by atoms with Crippen LogP contribution in [0.5, 0.6) is 0 Å². The third kappa shape index (κ3) is 5.16. The summed E-state index contributed by atoms with van der Waals surface area (Å²) in [6.45, 7) is -0.301. The average Bonchev–Trinajstić information content (AvgIpc) is 2.67. The van der Waals surface area contributed by atoms with Gasteiger partial charge in [-0.05, 0) is 30.2 Å². The molecule has 0 atom stereocenters. The van der Waals surface area contributed by atoms with Crippen molar-refractivity contribution in [2.24, 2.45) is 4.99 Å². The van der Waals surface area contributed by atoms with Crippen LogP contribution in [0.2, 0.25) is 0 Å². The Morgan fingerprint density at radius 2 is 2.04 bits per heavy atom. The zero-order valence-corrected chi connectivity index (χ0v) is 14.1. The minimum absolute atomic E-state index is 0.0145. The van der Waals surface area contributed by atoms with Crippen LogP contribution < -0.4 is 5.36 Å². The lowest BCUT2D eigenvalue weighted by Gasteiger charge is -2.13. The standard InChI is InChI=1S/C19H16F3N3O2/c20-19(21,22)15-6-4-5-14(11-15)13-27-18(26)24-16-9-10-25(23-12-16)17-7-2-1-3-8-17/h2-12,17H,1,13H2. The molecule has 140 valence electrons. The number of halogens is 3. The molecule has 0 radical (unpaired) electrons. The number of amides is 1. The summed E-state index contributed by atoms with van der Waals surface area (Å²) < 4.78 is 44.7. The summed E-state index contributed by atoms with van der Waals surface area (Å²) in [5.74, 6) is 0. The van der Waals surface area contributed by atoms with E-state index < -0.39 is 17.8 Å². The van der Waals surface area contributed by atoms with Gasteiger partial charge in [0, 0.05) is 6.20 Å². The molecule has 1 aliphatic carbocycles. The predicted molar refractivity (Wildman–Crippen MR) is 91.4 cm³/mol. The molecule has 3 rings (SSSR count). The Kier molecular flexibility index (Phi) is 5.54. The molecular formula is C19H16F3N3O2. The highest BCUT2D eigenvalue weighted by Crippen LogP contribution is 2.29. The molecule has 0 spiro atoms. The highest BCUT2D eigenvalue weighted by Gasteiger charge is 2.30. The van der Waals surface area contributed by atoms with Gasteiger partial charge in [-0.3, -0.25) is 4.68 Å². The van der Waals surface area contributed by atoms with Crippen molar-refractivity contribution >= 4 is 6.09 Å². The number of ether oxygens (including phenoxy) is 1. The lowest BCUT2D eigenvalue weighted by molar-refractivity contribution is -0.137. The highest BCUT2D eigenvalue weighted by molar-refractivity contribution is 5.68. The molecule has 0 aliphatic heterocycles. The van der Waals surface area contributed by atoms with Gasteiger partial charge >= 0.3 is 12.3 Å². The van der Waals surface area contributed by atoms with E-state index in [9.17, 15) is 18.0 Å². The molecular weight excluding hydrogens is 359 g/mol. The van der Waals surface area contributed by atoms with E-state index >= 15 is 0 Å². The summed E-state index contributed by atoms with van der Waals surface area (Å²) >= 11 is 0. The summed E-state index contributed by atoms with van der Waals surface area (Å²) in [4.78, 5) is 15.5. The first kappa shape index (κ1) is 18.6. The summed E-state index contributed by atoms with van der Waals surface area (Å²) in [7, 11) is 0. The fourth-order valence-electron chi connectivity index (χ4n) is 2.48. The van der Waals surface area contributed by atoms with Crippen molar-refractivity contribution < 1.29 is 22.7 Å². The van der Waals surface area contributed by atoms with Gasteiger partial charge in [-0.25, -0.2) is 4.79 Å². The van der Waals surface area contributed by atoms with Gasteiger partial charge in [-0.1, -0.05) is 36.4 Å². The van der Waals surface area contributed by atoms with E-state index in [1.807, 2.05) is 24.3 Å². The second-order valence-corrected chi connectivity index (χ2v) is 5.81. The van der Waals surface area contributed by atoms with Crippen LogP contribution in [-0.4, -0.2) is 15.9 Å². The van der Waals surface area contributed by atoms with E-state index in [1.54, 1.807) is 16.9 Å². The molecule has 1 amide bonds. The van der Waals surface area contributed by atoms with E-state index in [0.717, 1.165) is 18.6 Å². The molecule has 0 bridgehead atoms. The van der Waals surface area contributed by atoms with Gasteiger partial charge < -0.3 is 4.74 Å². The molecule has 27 heavy (non-hydrogen) atoms. The average molecular weight is 375 g/mol. The monoisotopic (exact) mass is 375 g/mol. The number of hydrogen-bond acceptors (Lipinski definition) is 3. The first-order chi connectivity index (χ1) is 12.9. The van der Waals surface area contributed by atoms with E-state index in [4.69, 9.17) is 4.74 Å². The van der Waals surface area contributed by atoms with E-state index in [0.29, 0.717) is 5.36 Å². The third-order valence-electron chi connectivity index (χ3n) is 3.80. The van der Waals surface area contributed by atoms with Gasteiger partial charge in [0.2, 0.25) is 0 Å². The normalized spacial score (nSPS) is 15.1. The Balaban J connectivity index is 1.62. The fourth-order valence-corrected chi connectivity index (χ4v) is 2.48. The number of aromatic nitrogens is 2. The molecule has 2 aromatic rings. The van der Waals surface area contributed by atoms with Crippen LogP contribution in [0.15, 0.2) is 72.0 Å². The number of alkyl halides is 3. The number of rotatable bonds is 3. The van der Waals surface area contributed by atoms with E-state index in [-0.39, 0.29) is 18.2 Å². The van der Waals surface area contributed by atoms with Crippen molar-refractivity contribution in [3.05, 3.63) is 83.5 Å². The van der Waals surface area contributed by atoms with Crippen molar-refractivity contribution in [2.75, 3.05) is 0 Å². The Hall–Kier alpha value is -3.16. The minimum atomic E-state index is -4.45. The second-order valence-electron chi connectivity index (χ2n) is 5.81. The number of hydrogen-bond donors (Lipinski definition) is 0. The fraction of sp³-hybridized carbons (Fsp3) is 0.211. The minimum Gasteiger partial charge on any atom is -0.443 e. The topological polar surface area (TPSA) is 56.5 Å². The summed E-state index contributed by atoms with van der Waals surface area (Å²) in [5, 5.41) is 4.50. The molecule has 0 unspecified atom stereocenters. The Morgan fingerprint density at radius 3 is 2.70 bits per heavy atom. The van der Waals surface area contributed by atoms with Crippen LogP contribution in [0.4, 0.5) is 18.0 Å². The first-order valence-corrected chi connectivity index (χ1v) is 8.17. The highest BCUT2D eigenvalue weighted by atomic mass is 19.4. The molecule has 1 heterocycles. The van der Waals surface area contributed by atoms with Gasteiger partial charge in [-0.2, -0.15) is 23.3 Å². The van der Waals surface area contributed by atoms with Crippen molar-refractivity contribution in [2.45, 2.75) is 25.2 Å². The SMILES string of the molecule is O=C(N=c1ccn(C2C=CCC=C2)nc1)OCc1cccc(C(F)(F)F)c1. The van der Waals surface area contributed by atoms with Crippen LogP contribution in [-0.2, 0) is 17.5 Å². The van der Waals surface area contributed by atoms with Crippen molar-refractivity contribution in [1.82, 2.24) is 9.78 Å². The number of nitrogens with zero attached hydrogens (tertiary/aromatic N) is 3.